The minimum absolute atomic E-state index is 0.406. The molecule has 0 aromatic carbocycles. The summed E-state index contributed by atoms with van der Waals surface area (Å²) in [6.45, 7) is 8.07. The van der Waals surface area contributed by atoms with Gasteiger partial charge in [-0.25, -0.2) is 9.97 Å². The summed E-state index contributed by atoms with van der Waals surface area (Å²) in [5, 5.41) is 3.38. The lowest BCUT2D eigenvalue weighted by molar-refractivity contribution is 0.200. The third kappa shape index (κ3) is 4.35. The molecule has 0 spiro atoms. The maximum absolute atomic E-state index is 5.10. The summed E-state index contributed by atoms with van der Waals surface area (Å²) < 4.78 is 6.23. The van der Waals surface area contributed by atoms with Crippen LogP contribution in [0.5, 0.6) is 0 Å². The summed E-state index contributed by atoms with van der Waals surface area (Å²) in [6, 6.07) is 0. The average molecular weight is 363 g/mol. The van der Waals surface area contributed by atoms with Crippen LogP contribution in [0.3, 0.4) is 0 Å². The Balaban J connectivity index is 3.02. The first kappa shape index (κ1) is 15.6. The summed E-state index contributed by atoms with van der Waals surface area (Å²) in [5.74, 6) is 2.23. The van der Waals surface area contributed by atoms with E-state index >= 15 is 0 Å². The third-order valence-corrected chi connectivity index (χ3v) is 3.61. The monoisotopic (exact) mass is 363 g/mol. The van der Waals surface area contributed by atoms with Gasteiger partial charge in [-0.05, 0) is 34.9 Å². The highest BCUT2D eigenvalue weighted by atomic mass is 127. The van der Waals surface area contributed by atoms with Crippen molar-refractivity contribution >= 4 is 28.4 Å². The number of hydrogen-bond donors (Lipinski definition) is 1. The van der Waals surface area contributed by atoms with E-state index in [1.54, 1.807) is 7.11 Å². The molecule has 0 aliphatic carbocycles. The van der Waals surface area contributed by atoms with Crippen LogP contribution in [-0.4, -0.2) is 30.2 Å². The lowest BCUT2D eigenvalue weighted by atomic mass is 10.1. The van der Waals surface area contributed by atoms with Crippen molar-refractivity contribution < 1.29 is 4.74 Å². The molecule has 0 aliphatic rings. The smallest absolute Gasteiger partial charge is 0.143 e. The van der Waals surface area contributed by atoms with E-state index in [4.69, 9.17) is 4.74 Å². The Morgan fingerprint density at radius 2 is 2.06 bits per heavy atom. The number of hydrogen-bond acceptors (Lipinski definition) is 4. The van der Waals surface area contributed by atoms with Gasteiger partial charge in [0.2, 0.25) is 0 Å². The second kappa shape index (κ2) is 7.89. The fourth-order valence-electron chi connectivity index (χ4n) is 1.56. The Kier molecular flexibility index (Phi) is 6.85. The van der Waals surface area contributed by atoms with Gasteiger partial charge in [-0.3, -0.25) is 0 Å². The van der Waals surface area contributed by atoms with Crippen LogP contribution in [0.15, 0.2) is 0 Å². The van der Waals surface area contributed by atoms with Gasteiger partial charge >= 0.3 is 0 Å². The minimum atomic E-state index is 0.406. The van der Waals surface area contributed by atoms with Gasteiger partial charge < -0.3 is 10.1 Å². The standard InChI is InChI=1S/C13H22IN3O/c1-5-7-15-13-11(14)12(9(2)3)16-10(17-13)6-8-18-4/h9H,5-8H2,1-4H3,(H,15,16,17). The third-order valence-electron chi connectivity index (χ3n) is 2.54. The number of rotatable bonds is 7. The highest BCUT2D eigenvalue weighted by Gasteiger charge is 2.14. The first-order valence-electron chi connectivity index (χ1n) is 6.39. The fourth-order valence-corrected chi connectivity index (χ4v) is 2.62. The predicted octanol–water partition coefficient (Wildman–Crippen LogP) is 3.22. The molecular formula is C13H22IN3O. The maximum Gasteiger partial charge on any atom is 0.143 e. The van der Waals surface area contributed by atoms with Gasteiger partial charge in [-0.15, -0.1) is 0 Å². The van der Waals surface area contributed by atoms with Gasteiger partial charge in [-0.2, -0.15) is 0 Å². The number of halogens is 1. The van der Waals surface area contributed by atoms with Crippen LogP contribution in [0.2, 0.25) is 0 Å². The highest BCUT2D eigenvalue weighted by molar-refractivity contribution is 14.1. The summed E-state index contributed by atoms with van der Waals surface area (Å²) >= 11 is 2.33. The van der Waals surface area contributed by atoms with E-state index in [9.17, 15) is 0 Å². The van der Waals surface area contributed by atoms with Crippen LogP contribution in [0.4, 0.5) is 5.82 Å². The van der Waals surface area contributed by atoms with E-state index in [0.717, 1.165) is 40.3 Å². The Hall–Kier alpha value is -0.430. The Bertz CT molecular complexity index is 383. The minimum Gasteiger partial charge on any atom is -0.384 e. The van der Waals surface area contributed by atoms with Crippen molar-refractivity contribution in [1.82, 2.24) is 9.97 Å². The summed E-state index contributed by atoms with van der Waals surface area (Å²) in [6.07, 6.45) is 1.85. The van der Waals surface area contributed by atoms with Crippen molar-refractivity contribution in [3.63, 3.8) is 0 Å². The second-order valence-electron chi connectivity index (χ2n) is 4.51. The maximum atomic E-state index is 5.10. The van der Waals surface area contributed by atoms with Gasteiger partial charge in [0.25, 0.3) is 0 Å². The Morgan fingerprint density at radius 3 is 2.61 bits per heavy atom. The number of methoxy groups -OCH3 is 1. The molecule has 1 aromatic heterocycles. The molecule has 0 saturated carbocycles. The highest BCUT2D eigenvalue weighted by Crippen LogP contribution is 2.25. The molecule has 0 radical (unpaired) electrons. The zero-order valence-electron chi connectivity index (χ0n) is 11.6. The van der Waals surface area contributed by atoms with Gasteiger partial charge in [0.15, 0.2) is 0 Å². The molecule has 5 heteroatoms. The average Bonchev–Trinajstić information content (AvgIpc) is 2.35. The van der Waals surface area contributed by atoms with Gasteiger partial charge in [0.1, 0.15) is 11.6 Å². The van der Waals surface area contributed by atoms with Crippen LogP contribution < -0.4 is 5.32 Å². The van der Waals surface area contributed by atoms with Crippen molar-refractivity contribution in [3.8, 4) is 0 Å². The number of aromatic nitrogens is 2. The van der Waals surface area contributed by atoms with E-state index in [-0.39, 0.29) is 0 Å². The predicted molar refractivity (Wildman–Crippen MR) is 83.2 cm³/mol. The SMILES string of the molecule is CCCNc1nc(CCOC)nc(C(C)C)c1I. The van der Waals surface area contributed by atoms with E-state index in [1.807, 2.05) is 0 Å². The van der Waals surface area contributed by atoms with Crippen LogP contribution in [0.1, 0.15) is 44.6 Å². The number of nitrogens with zero attached hydrogens (tertiary/aromatic N) is 2. The molecule has 102 valence electrons. The molecule has 1 heterocycles. The first-order chi connectivity index (χ1) is 8.60. The fraction of sp³-hybridized carbons (Fsp3) is 0.692. The first-order valence-corrected chi connectivity index (χ1v) is 7.47. The largest absolute Gasteiger partial charge is 0.384 e. The molecule has 0 amide bonds. The molecule has 0 bridgehead atoms. The number of anilines is 1. The molecule has 0 unspecified atom stereocenters. The van der Waals surface area contributed by atoms with Crippen LogP contribution >= 0.6 is 22.6 Å². The van der Waals surface area contributed by atoms with Gasteiger partial charge in [0.05, 0.1) is 15.9 Å². The molecule has 0 aliphatic heterocycles. The van der Waals surface area contributed by atoms with Crippen molar-refractivity contribution in [2.75, 3.05) is 25.6 Å². The summed E-state index contributed by atoms with van der Waals surface area (Å²) in [4.78, 5) is 9.22. The Morgan fingerprint density at radius 1 is 1.33 bits per heavy atom. The lowest BCUT2D eigenvalue weighted by Gasteiger charge is -2.14. The molecule has 1 rings (SSSR count). The molecule has 18 heavy (non-hydrogen) atoms. The Labute approximate surface area is 123 Å². The molecular weight excluding hydrogens is 341 g/mol. The topological polar surface area (TPSA) is 47.0 Å². The van der Waals surface area contributed by atoms with E-state index in [0.29, 0.717) is 12.5 Å². The van der Waals surface area contributed by atoms with Crippen LogP contribution in [0, 0.1) is 3.57 Å². The van der Waals surface area contributed by atoms with Crippen molar-refractivity contribution in [3.05, 3.63) is 15.1 Å². The normalized spacial score (nSPS) is 11.0. The molecule has 0 atom stereocenters. The van der Waals surface area contributed by atoms with Crippen molar-refractivity contribution in [2.24, 2.45) is 0 Å². The zero-order valence-corrected chi connectivity index (χ0v) is 13.7. The van der Waals surface area contributed by atoms with Crippen LogP contribution in [0.25, 0.3) is 0 Å². The quantitative estimate of drug-likeness (QED) is 0.756. The van der Waals surface area contributed by atoms with Gasteiger partial charge in [0, 0.05) is 20.1 Å². The molecule has 0 saturated heterocycles. The number of ether oxygens (including phenoxy) is 1. The molecule has 0 fully saturated rings. The van der Waals surface area contributed by atoms with Crippen molar-refractivity contribution in [2.45, 2.75) is 39.5 Å². The molecule has 1 aromatic rings. The van der Waals surface area contributed by atoms with Crippen molar-refractivity contribution in [1.29, 1.82) is 0 Å². The zero-order chi connectivity index (χ0) is 13.5. The summed E-state index contributed by atoms with van der Waals surface area (Å²) in [5.41, 5.74) is 1.12. The molecule has 1 N–H and O–H groups in total. The van der Waals surface area contributed by atoms with Gasteiger partial charge in [-0.1, -0.05) is 20.8 Å². The second-order valence-corrected chi connectivity index (χ2v) is 5.59. The molecule has 4 nitrogen and oxygen atoms in total. The lowest BCUT2D eigenvalue weighted by Crippen LogP contribution is -2.12. The van der Waals surface area contributed by atoms with E-state index in [1.165, 1.54) is 0 Å². The number of nitrogens with one attached hydrogen (secondary N) is 1. The van der Waals surface area contributed by atoms with Crippen LogP contribution in [-0.2, 0) is 11.2 Å². The van der Waals surface area contributed by atoms with E-state index < -0.39 is 0 Å². The summed E-state index contributed by atoms with van der Waals surface area (Å²) in [7, 11) is 1.70. The van der Waals surface area contributed by atoms with E-state index in [2.05, 4.69) is 58.6 Å².